The van der Waals surface area contributed by atoms with Gasteiger partial charge >= 0.3 is 0 Å². The van der Waals surface area contributed by atoms with Crippen LogP contribution in [-0.4, -0.2) is 29.0 Å². The summed E-state index contributed by atoms with van der Waals surface area (Å²) in [6, 6.07) is 14.2. The van der Waals surface area contributed by atoms with Crippen LogP contribution in [-0.2, 0) is 6.54 Å². The van der Waals surface area contributed by atoms with E-state index in [4.69, 9.17) is 4.42 Å². The van der Waals surface area contributed by atoms with E-state index in [0.717, 1.165) is 22.1 Å². The fraction of sp³-hybridized carbons (Fsp3) is 0.294. The second-order valence-corrected chi connectivity index (χ2v) is 5.64. The van der Waals surface area contributed by atoms with E-state index in [2.05, 4.69) is 17.4 Å². The summed E-state index contributed by atoms with van der Waals surface area (Å²) in [6.07, 6.45) is 0. The number of aliphatic hydroxyl groups is 2. The summed E-state index contributed by atoms with van der Waals surface area (Å²) in [6.45, 7) is 1.96. The van der Waals surface area contributed by atoms with Gasteiger partial charge in [-0.1, -0.05) is 30.3 Å². The van der Waals surface area contributed by atoms with E-state index in [-0.39, 0.29) is 13.2 Å². The lowest BCUT2D eigenvalue weighted by Crippen LogP contribution is -2.48. The highest BCUT2D eigenvalue weighted by molar-refractivity contribution is 6.05. The maximum Gasteiger partial charge on any atom is 0.134 e. The van der Waals surface area contributed by atoms with Crippen LogP contribution in [0.2, 0.25) is 0 Å². The van der Waals surface area contributed by atoms with Crippen molar-refractivity contribution in [2.24, 2.45) is 0 Å². The zero-order valence-electron chi connectivity index (χ0n) is 12.0. The zero-order chi connectivity index (χ0) is 14.9. The molecule has 3 rings (SSSR count). The maximum atomic E-state index is 9.29. The van der Waals surface area contributed by atoms with Crippen LogP contribution in [0.1, 0.15) is 12.7 Å². The number of benzene rings is 2. The first kappa shape index (κ1) is 14.1. The zero-order valence-corrected chi connectivity index (χ0v) is 12.0. The Kier molecular flexibility index (Phi) is 3.68. The minimum atomic E-state index is -0.707. The highest BCUT2D eigenvalue weighted by Crippen LogP contribution is 2.28. The molecule has 2 aromatic carbocycles. The molecule has 4 heteroatoms. The molecule has 110 valence electrons. The first-order chi connectivity index (χ1) is 10.1. The molecule has 0 fully saturated rings. The summed E-state index contributed by atoms with van der Waals surface area (Å²) in [5.41, 5.74) is 0.140. The molecule has 0 aliphatic rings. The van der Waals surface area contributed by atoms with Crippen LogP contribution in [0.15, 0.2) is 46.9 Å². The highest BCUT2D eigenvalue weighted by Gasteiger charge is 2.21. The Labute approximate surface area is 123 Å². The van der Waals surface area contributed by atoms with E-state index in [1.54, 1.807) is 6.92 Å². The van der Waals surface area contributed by atoms with Crippen molar-refractivity contribution in [1.82, 2.24) is 5.32 Å². The van der Waals surface area contributed by atoms with E-state index in [9.17, 15) is 10.2 Å². The van der Waals surface area contributed by atoms with E-state index in [1.165, 1.54) is 5.39 Å². The number of rotatable bonds is 5. The van der Waals surface area contributed by atoms with Gasteiger partial charge in [-0.05, 0) is 29.8 Å². The smallest absolute Gasteiger partial charge is 0.134 e. The Morgan fingerprint density at radius 2 is 1.81 bits per heavy atom. The lowest BCUT2D eigenvalue weighted by Gasteiger charge is -2.25. The minimum Gasteiger partial charge on any atom is -0.460 e. The molecule has 0 amide bonds. The van der Waals surface area contributed by atoms with Crippen LogP contribution in [0, 0.1) is 0 Å². The predicted octanol–water partition coefficient (Wildman–Crippen LogP) is 2.42. The van der Waals surface area contributed by atoms with Crippen LogP contribution < -0.4 is 5.32 Å². The van der Waals surface area contributed by atoms with Crippen molar-refractivity contribution >= 4 is 21.7 Å². The van der Waals surface area contributed by atoms with Gasteiger partial charge in [-0.25, -0.2) is 0 Å². The average Bonchev–Trinajstić information content (AvgIpc) is 2.96. The van der Waals surface area contributed by atoms with Gasteiger partial charge in [0.2, 0.25) is 0 Å². The van der Waals surface area contributed by atoms with Gasteiger partial charge in [0.25, 0.3) is 0 Å². The molecule has 1 aromatic heterocycles. The lowest BCUT2D eigenvalue weighted by atomic mass is 10.1. The molecule has 0 saturated heterocycles. The third-order valence-corrected chi connectivity index (χ3v) is 3.86. The van der Waals surface area contributed by atoms with Gasteiger partial charge in [0.05, 0.1) is 25.3 Å². The Balaban J connectivity index is 1.93. The maximum absolute atomic E-state index is 9.29. The lowest BCUT2D eigenvalue weighted by molar-refractivity contribution is 0.101. The van der Waals surface area contributed by atoms with Crippen LogP contribution in [0.25, 0.3) is 21.7 Å². The SMILES string of the molecule is CC(CO)(CO)NCc1cc2c(ccc3ccccc32)o1. The van der Waals surface area contributed by atoms with E-state index >= 15 is 0 Å². The minimum absolute atomic E-state index is 0.132. The Morgan fingerprint density at radius 1 is 1.05 bits per heavy atom. The number of hydrogen-bond donors (Lipinski definition) is 3. The van der Waals surface area contributed by atoms with Crippen molar-refractivity contribution in [3.63, 3.8) is 0 Å². The average molecular weight is 285 g/mol. The van der Waals surface area contributed by atoms with Crippen molar-refractivity contribution < 1.29 is 14.6 Å². The molecule has 21 heavy (non-hydrogen) atoms. The van der Waals surface area contributed by atoms with Crippen molar-refractivity contribution in [3.05, 3.63) is 48.2 Å². The molecule has 0 aliphatic carbocycles. The molecule has 0 unspecified atom stereocenters. The standard InChI is InChI=1S/C17H19NO3/c1-17(10-19,11-20)18-9-13-8-15-14-5-3-2-4-12(14)6-7-16(15)21-13/h2-8,18-20H,9-11H2,1H3. The van der Waals surface area contributed by atoms with E-state index in [0.29, 0.717) is 6.54 Å². The quantitative estimate of drug-likeness (QED) is 0.673. The van der Waals surface area contributed by atoms with Gasteiger partial charge < -0.3 is 19.9 Å². The number of hydrogen-bond acceptors (Lipinski definition) is 4. The Morgan fingerprint density at radius 3 is 2.57 bits per heavy atom. The second kappa shape index (κ2) is 5.48. The molecule has 0 bridgehead atoms. The van der Waals surface area contributed by atoms with Crippen molar-refractivity contribution in [2.45, 2.75) is 19.0 Å². The molecular formula is C17H19NO3. The highest BCUT2D eigenvalue weighted by atomic mass is 16.3. The number of aliphatic hydroxyl groups excluding tert-OH is 2. The van der Waals surface area contributed by atoms with Crippen LogP contribution in [0.5, 0.6) is 0 Å². The first-order valence-corrected chi connectivity index (χ1v) is 7.02. The van der Waals surface area contributed by atoms with Crippen LogP contribution >= 0.6 is 0 Å². The normalized spacial score (nSPS) is 12.3. The summed E-state index contributed by atoms with van der Waals surface area (Å²) in [4.78, 5) is 0. The van der Waals surface area contributed by atoms with Crippen molar-refractivity contribution in [2.75, 3.05) is 13.2 Å². The van der Waals surface area contributed by atoms with Gasteiger partial charge in [-0.2, -0.15) is 0 Å². The Hall–Kier alpha value is -1.88. The fourth-order valence-electron chi connectivity index (χ4n) is 2.39. The predicted molar refractivity (Wildman–Crippen MR) is 83.1 cm³/mol. The molecular weight excluding hydrogens is 266 g/mol. The first-order valence-electron chi connectivity index (χ1n) is 7.02. The molecule has 0 saturated carbocycles. The molecule has 0 aliphatic heterocycles. The number of fused-ring (bicyclic) bond motifs is 3. The van der Waals surface area contributed by atoms with Gasteiger partial charge in [-0.3, -0.25) is 0 Å². The summed E-state index contributed by atoms with van der Waals surface area (Å²) in [5, 5.41) is 25.1. The van der Waals surface area contributed by atoms with Crippen molar-refractivity contribution in [3.8, 4) is 0 Å². The van der Waals surface area contributed by atoms with Gasteiger partial charge in [0.1, 0.15) is 11.3 Å². The topological polar surface area (TPSA) is 65.6 Å². The van der Waals surface area contributed by atoms with Crippen molar-refractivity contribution in [1.29, 1.82) is 0 Å². The summed E-state index contributed by atoms with van der Waals surface area (Å²) in [5.74, 6) is 0.787. The largest absolute Gasteiger partial charge is 0.460 e. The van der Waals surface area contributed by atoms with Gasteiger partial charge in [0, 0.05) is 5.39 Å². The second-order valence-electron chi connectivity index (χ2n) is 5.64. The molecule has 0 spiro atoms. The molecule has 4 nitrogen and oxygen atoms in total. The summed E-state index contributed by atoms with van der Waals surface area (Å²) >= 11 is 0. The van der Waals surface area contributed by atoms with Crippen LogP contribution in [0.4, 0.5) is 0 Å². The monoisotopic (exact) mass is 285 g/mol. The number of furan rings is 1. The van der Waals surface area contributed by atoms with E-state index in [1.807, 2.05) is 30.3 Å². The van der Waals surface area contributed by atoms with E-state index < -0.39 is 5.54 Å². The molecule has 3 aromatic rings. The number of nitrogens with one attached hydrogen (secondary N) is 1. The third-order valence-electron chi connectivity index (χ3n) is 3.86. The summed E-state index contributed by atoms with van der Waals surface area (Å²) < 4.78 is 5.83. The summed E-state index contributed by atoms with van der Waals surface area (Å²) in [7, 11) is 0. The molecule has 0 radical (unpaired) electrons. The van der Waals surface area contributed by atoms with Gasteiger partial charge in [-0.15, -0.1) is 0 Å². The third kappa shape index (κ3) is 2.65. The van der Waals surface area contributed by atoms with Crippen LogP contribution in [0.3, 0.4) is 0 Å². The molecule has 1 heterocycles. The fourth-order valence-corrected chi connectivity index (χ4v) is 2.39. The molecule has 3 N–H and O–H groups in total. The van der Waals surface area contributed by atoms with Gasteiger partial charge in [0.15, 0.2) is 0 Å². The molecule has 0 atom stereocenters. The Bertz CT molecular complexity index is 759.